The predicted octanol–water partition coefficient (Wildman–Crippen LogP) is 2.29. The Hall–Kier alpha value is -1.80. The van der Waals surface area contributed by atoms with E-state index in [2.05, 4.69) is 15.3 Å². The molecule has 0 fully saturated rings. The molecule has 0 saturated carbocycles. The maximum atomic E-state index is 12.8. The van der Waals surface area contributed by atoms with Crippen LogP contribution in [0, 0.1) is 12.7 Å². The van der Waals surface area contributed by atoms with E-state index in [1.54, 1.807) is 19.1 Å². The molecule has 0 spiro atoms. The number of thioether (sulfide) groups is 1. The van der Waals surface area contributed by atoms with E-state index in [9.17, 15) is 9.18 Å². The highest BCUT2D eigenvalue weighted by Gasteiger charge is 2.09. The zero-order valence-electron chi connectivity index (χ0n) is 10.4. The molecule has 0 saturated heterocycles. The van der Waals surface area contributed by atoms with E-state index in [0.29, 0.717) is 16.4 Å². The van der Waals surface area contributed by atoms with E-state index in [4.69, 9.17) is 0 Å². The minimum Gasteiger partial charge on any atom is -0.265 e. The highest BCUT2D eigenvalue weighted by Crippen LogP contribution is 2.26. The van der Waals surface area contributed by atoms with Gasteiger partial charge in [-0.25, -0.2) is 4.39 Å². The van der Waals surface area contributed by atoms with Crippen molar-refractivity contribution in [3.8, 4) is 0 Å². The average molecular weight is 308 g/mol. The van der Waals surface area contributed by atoms with Gasteiger partial charge in [-0.15, -0.1) is 15.3 Å². The Kier molecular flexibility index (Phi) is 3.49. The molecule has 3 rings (SSSR count). The maximum absolute atomic E-state index is 12.8. The third-order valence-electron chi connectivity index (χ3n) is 2.60. The van der Waals surface area contributed by atoms with Crippen molar-refractivity contribution in [2.75, 3.05) is 0 Å². The fourth-order valence-corrected chi connectivity index (χ4v) is 3.39. The third-order valence-corrected chi connectivity index (χ3v) is 4.71. The normalized spacial score (nSPS) is 11.1. The molecule has 102 valence electrons. The molecule has 0 aliphatic carbocycles. The van der Waals surface area contributed by atoms with Crippen LogP contribution in [0.15, 0.2) is 33.4 Å². The number of fused-ring (bicyclic) bond motifs is 1. The van der Waals surface area contributed by atoms with Gasteiger partial charge < -0.3 is 0 Å². The standard InChI is InChI=1S/C12H9FN4OS2/c1-7-10(18)17-11(15-14-7)20-12(16-17)19-6-8-2-4-9(13)5-3-8/h2-5H,6H2,1H3. The van der Waals surface area contributed by atoms with Crippen molar-refractivity contribution in [2.45, 2.75) is 17.0 Å². The van der Waals surface area contributed by atoms with Gasteiger partial charge >= 0.3 is 0 Å². The average Bonchev–Trinajstić information content (AvgIpc) is 2.86. The summed E-state index contributed by atoms with van der Waals surface area (Å²) in [5.41, 5.74) is 1.06. The van der Waals surface area contributed by atoms with Crippen molar-refractivity contribution in [2.24, 2.45) is 0 Å². The van der Waals surface area contributed by atoms with Crippen LogP contribution >= 0.6 is 23.1 Å². The number of hydrogen-bond donors (Lipinski definition) is 0. The zero-order valence-corrected chi connectivity index (χ0v) is 12.0. The van der Waals surface area contributed by atoms with Crippen LogP contribution < -0.4 is 5.56 Å². The van der Waals surface area contributed by atoms with E-state index in [-0.39, 0.29) is 11.4 Å². The van der Waals surface area contributed by atoms with E-state index < -0.39 is 0 Å². The monoisotopic (exact) mass is 308 g/mol. The molecular formula is C12H9FN4OS2. The summed E-state index contributed by atoms with van der Waals surface area (Å²) in [6.07, 6.45) is 0. The molecule has 8 heteroatoms. The van der Waals surface area contributed by atoms with Crippen molar-refractivity contribution >= 4 is 28.1 Å². The number of aromatic nitrogens is 4. The molecule has 2 aromatic heterocycles. The van der Waals surface area contributed by atoms with Crippen LogP contribution in [0.4, 0.5) is 4.39 Å². The van der Waals surface area contributed by atoms with Crippen LogP contribution in [0.1, 0.15) is 11.3 Å². The summed E-state index contributed by atoms with van der Waals surface area (Å²) in [6, 6.07) is 6.30. The Morgan fingerprint density at radius 1 is 1.30 bits per heavy atom. The van der Waals surface area contributed by atoms with E-state index in [1.165, 1.54) is 39.7 Å². The summed E-state index contributed by atoms with van der Waals surface area (Å²) in [5, 5.41) is 11.9. The zero-order chi connectivity index (χ0) is 14.1. The summed E-state index contributed by atoms with van der Waals surface area (Å²) < 4.78 is 14.8. The fraction of sp³-hybridized carbons (Fsp3) is 0.167. The Bertz CT molecular complexity index is 812. The molecule has 2 heterocycles. The minimum atomic E-state index is -0.254. The van der Waals surface area contributed by atoms with Crippen LogP contribution in [-0.4, -0.2) is 19.8 Å². The molecule has 0 radical (unpaired) electrons. The molecule has 0 atom stereocenters. The Morgan fingerprint density at radius 2 is 2.05 bits per heavy atom. The fourth-order valence-electron chi connectivity index (χ4n) is 1.56. The van der Waals surface area contributed by atoms with Crippen molar-refractivity contribution in [3.63, 3.8) is 0 Å². The maximum Gasteiger partial charge on any atom is 0.296 e. The van der Waals surface area contributed by atoms with Crippen molar-refractivity contribution in [1.29, 1.82) is 0 Å². The van der Waals surface area contributed by atoms with Gasteiger partial charge in [0.15, 0.2) is 4.34 Å². The molecular weight excluding hydrogens is 299 g/mol. The van der Waals surface area contributed by atoms with E-state index in [1.807, 2.05) is 0 Å². The van der Waals surface area contributed by atoms with Crippen LogP contribution in [0.3, 0.4) is 0 Å². The number of benzene rings is 1. The van der Waals surface area contributed by atoms with E-state index >= 15 is 0 Å². The largest absolute Gasteiger partial charge is 0.296 e. The lowest BCUT2D eigenvalue weighted by molar-refractivity contribution is 0.627. The number of nitrogens with zero attached hydrogens (tertiary/aromatic N) is 4. The Labute approximate surface area is 121 Å². The number of rotatable bonds is 3. The van der Waals surface area contributed by atoms with Gasteiger partial charge in [-0.1, -0.05) is 35.2 Å². The van der Waals surface area contributed by atoms with Gasteiger partial charge in [-0.05, 0) is 24.6 Å². The van der Waals surface area contributed by atoms with Gasteiger partial charge in [-0.3, -0.25) is 4.79 Å². The second-order valence-corrected chi connectivity index (χ2v) is 6.25. The summed E-state index contributed by atoms with van der Waals surface area (Å²) in [5.74, 6) is 0.400. The van der Waals surface area contributed by atoms with Crippen molar-refractivity contribution < 1.29 is 4.39 Å². The highest BCUT2D eigenvalue weighted by atomic mass is 32.2. The minimum absolute atomic E-state index is 0.250. The van der Waals surface area contributed by atoms with Crippen molar-refractivity contribution in [3.05, 3.63) is 51.7 Å². The smallest absolute Gasteiger partial charge is 0.265 e. The second-order valence-electron chi connectivity index (χ2n) is 4.07. The first kappa shape index (κ1) is 13.2. The summed E-state index contributed by atoms with van der Waals surface area (Å²) in [7, 11) is 0. The summed E-state index contributed by atoms with van der Waals surface area (Å²) >= 11 is 2.79. The van der Waals surface area contributed by atoms with Gasteiger partial charge in [-0.2, -0.15) is 4.52 Å². The molecule has 0 bridgehead atoms. The van der Waals surface area contributed by atoms with Gasteiger partial charge in [0.25, 0.3) is 5.56 Å². The lowest BCUT2D eigenvalue weighted by Crippen LogP contribution is -2.19. The van der Waals surface area contributed by atoms with Gasteiger partial charge in [0.05, 0.1) is 0 Å². The summed E-state index contributed by atoms with van der Waals surface area (Å²) in [6.45, 7) is 1.60. The van der Waals surface area contributed by atoms with Gasteiger partial charge in [0, 0.05) is 5.75 Å². The number of hydrogen-bond acceptors (Lipinski definition) is 6. The lowest BCUT2D eigenvalue weighted by atomic mass is 10.2. The van der Waals surface area contributed by atoms with Crippen LogP contribution in [0.2, 0.25) is 0 Å². The first-order chi connectivity index (χ1) is 9.63. The molecule has 0 N–H and O–H groups in total. The first-order valence-electron chi connectivity index (χ1n) is 5.74. The second kappa shape index (κ2) is 5.29. The predicted molar refractivity (Wildman–Crippen MR) is 75.6 cm³/mol. The molecule has 0 aliphatic rings. The third kappa shape index (κ3) is 2.56. The van der Waals surface area contributed by atoms with Gasteiger partial charge in [0.2, 0.25) is 4.96 Å². The molecule has 20 heavy (non-hydrogen) atoms. The Balaban J connectivity index is 1.83. The number of halogens is 1. The molecule has 0 aliphatic heterocycles. The Morgan fingerprint density at radius 3 is 2.80 bits per heavy atom. The summed E-state index contributed by atoms with van der Waals surface area (Å²) in [4.78, 5) is 12.3. The lowest BCUT2D eigenvalue weighted by Gasteiger charge is -1.97. The molecule has 3 aromatic rings. The SMILES string of the molecule is Cc1nnc2sc(SCc3ccc(F)cc3)nn2c1=O. The van der Waals surface area contributed by atoms with Gasteiger partial charge in [0.1, 0.15) is 11.5 Å². The highest BCUT2D eigenvalue weighted by molar-refractivity contribution is 8.00. The topological polar surface area (TPSA) is 60.1 Å². The molecule has 0 unspecified atom stereocenters. The molecule has 1 aromatic carbocycles. The van der Waals surface area contributed by atoms with Crippen LogP contribution in [0.5, 0.6) is 0 Å². The first-order valence-corrected chi connectivity index (χ1v) is 7.54. The van der Waals surface area contributed by atoms with E-state index in [0.717, 1.165) is 9.90 Å². The van der Waals surface area contributed by atoms with Crippen LogP contribution in [0.25, 0.3) is 4.96 Å². The van der Waals surface area contributed by atoms with Crippen molar-refractivity contribution in [1.82, 2.24) is 19.8 Å². The van der Waals surface area contributed by atoms with Crippen LogP contribution in [-0.2, 0) is 5.75 Å². The molecule has 0 amide bonds. The number of aryl methyl sites for hydroxylation is 1. The quantitative estimate of drug-likeness (QED) is 0.695. The molecule has 5 nitrogen and oxygen atoms in total.